The van der Waals surface area contributed by atoms with E-state index in [2.05, 4.69) is 0 Å². The molecule has 1 aromatic carbocycles. The Morgan fingerprint density at radius 1 is 1.56 bits per heavy atom. The standard InChI is InChI=1S/C12H13ClO3/c1-16-9-4-2-3-8(11(9)13)10(12(14)15)7-5-6-7/h2-4,7,10H,5-6H2,1H3,(H,14,15). The summed E-state index contributed by atoms with van der Waals surface area (Å²) >= 11 is 6.13. The molecular weight excluding hydrogens is 228 g/mol. The third kappa shape index (κ3) is 2.00. The maximum Gasteiger partial charge on any atom is 0.311 e. The van der Waals surface area contributed by atoms with Crippen LogP contribution < -0.4 is 4.74 Å². The molecule has 0 aromatic heterocycles. The van der Waals surface area contributed by atoms with Gasteiger partial charge in [0.25, 0.3) is 0 Å². The van der Waals surface area contributed by atoms with Crippen molar-refractivity contribution in [3.8, 4) is 5.75 Å². The Balaban J connectivity index is 2.40. The molecule has 2 rings (SSSR count). The average Bonchev–Trinajstić information content (AvgIpc) is 3.05. The number of carbonyl (C=O) groups is 1. The monoisotopic (exact) mass is 240 g/mol. The molecule has 4 heteroatoms. The lowest BCUT2D eigenvalue weighted by atomic mass is 9.94. The van der Waals surface area contributed by atoms with Crippen molar-refractivity contribution in [3.05, 3.63) is 28.8 Å². The van der Waals surface area contributed by atoms with Gasteiger partial charge in [-0.15, -0.1) is 0 Å². The lowest BCUT2D eigenvalue weighted by Gasteiger charge is -2.15. The molecule has 0 spiro atoms. The highest BCUT2D eigenvalue weighted by Crippen LogP contribution is 2.46. The number of rotatable bonds is 4. The molecule has 1 aliphatic rings. The SMILES string of the molecule is COc1cccc(C(C(=O)O)C2CC2)c1Cl. The second-order valence-corrected chi connectivity index (χ2v) is 4.39. The molecule has 1 fully saturated rings. The van der Waals surface area contributed by atoms with Crippen LogP contribution in [-0.2, 0) is 4.79 Å². The van der Waals surface area contributed by atoms with Gasteiger partial charge in [-0.3, -0.25) is 4.79 Å². The van der Waals surface area contributed by atoms with E-state index in [4.69, 9.17) is 16.3 Å². The van der Waals surface area contributed by atoms with Crippen LogP contribution in [-0.4, -0.2) is 18.2 Å². The van der Waals surface area contributed by atoms with E-state index < -0.39 is 11.9 Å². The van der Waals surface area contributed by atoms with E-state index in [1.807, 2.05) is 0 Å². The number of aliphatic carboxylic acids is 1. The number of benzene rings is 1. The summed E-state index contributed by atoms with van der Waals surface area (Å²) in [5.74, 6) is -0.548. The van der Waals surface area contributed by atoms with E-state index in [9.17, 15) is 9.90 Å². The third-order valence-corrected chi connectivity index (χ3v) is 3.31. The largest absolute Gasteiger partial charge is 0.495 e. The fourth-order valence-corrected chi connectivity index (χ4v) is 2.26. The van der Waals surface area contributed by atoms with E-state index in [1.54, 1.807) is 18.2 Å². The summed E-state index contributed by atoms with van der Waals surface area (Å²) in [6.45, 7) is 0. The van der Waals surface area contributed by atoms with Gasteiger partial charge in [0.05, 0.1) is 18.1 Å². The topological polar surface area (TPSA) is 46.5 Å². The van der Waals surface area contributed by atoms with Crippen LogP contribution >= 0.6 is 11.6 Å². The molecule has 1 N–H and O–H groups in total. The summed E-state index contributed by atoms with van der Waals surface area (Å²) in [6, 6.07) is 5.28. The third-order valence-electron chi connectivity index (χ3n) is 2.91. The van der Waals surface area contributed by atoms with Crippen LogP contribution in [0.3, 0.4) is 0 Å². The highest BCUT2D eigenvalue weighted by atomic mass is 35.5. The second kappa shape index (κ2) is 4.34. The van der Waals surface area contributed by atoms with Gasteiger partial charge in [0, 0.05) is 0 Å². The molecule has 1 saturated carbocycles. The van der Waals surface area contributed by atoms with Crippen molar-refractivity contribution in [3.63, 3.8) is 0 Å². The fourth-order valence-electron chi connectivity index (χ4n) is 1.94. The Bertz CT molecular complexity index is 413. The predicted octanol–water partition coefficient (Wildman–Crippen LogP) is 2.93. The molecule has 1 aliphatic carbocycles. The van der Waals surface area contributed by atoms with Crippen molar-refractivity contribution < 1.29 is 14.6 Å². The summed E-state index contributed by atoms with van der Waals surface area (Å²) in [5, 5.41) is 9.65. The molecule has 0 amide bonds. The van der Waals surface area contributed by atoms with Crippen LogP contribution in [0.2, 0.25) is 5.02 Å². The van der Waals surface area contributed by atoms with E-state index >= 15 is 0 Å². The van der Waals surface area contributed by atoms with Crippen LogP contribution in [0.5, 0.6) is 5.75 Å². The number of hydrogen-bond acceptors (Lipinski definition) is 2. The molecular formula is C12H13ClO3. The molecule has 86 valence electrons. The molecule has 1 atom stereocenters. The number of ether oxygens (including phenoxy) is 1. The van der Waals surface area contributed by atoms with Crippen molar-refractivity contribution in [2.24, 2.45) is 5.92 Å². The summed E-state index contributed by atoms with van der Waals surface area (Å²) in [7, 11) is 1.53. The fraction of sp³-hybridized carbons (Fsp3) is 0.417. The van der Waals surface area contributed by atoms with Gasteiger partial charge in [0.1, 0.15) is 5.75 Å². The smallest absolute Gasteiger partial charge is 0.311 e. The summed E-state index contributed by atoms with van der Waals surface area (Å²) in [5.41, 5.74) is 0.663. The minimum Gasteiger partial charge on any atom is -0.495 e. The van der Waals surface area contributed by atoms with Crippen LogP contribution in [0.1, 0.15) is 24.3 Å². The van der Waals surface area contributed by atoms with Crippen LogP contribution in [0.25, 0.3) is 0 Å². The zero-order chi connectivity index (χ0) is 11.7. The first-order valence-electron chi connectivity index (χ1n) is 5.20. The first kappa shape index (κ1) is 11.3. The molecule has 1 aromatic rings. The zero-order valence-corrected chi connectivity index (χ0v) is 9.70. The number of methoxy groups -OCH3 is 1. The number of halogens is 1. The van der Waals surface area contributed by atoms with E-state index in [1.165, 1.54) is 7.11 Å². The quantitative estimate of drug-likeness (QED) is 0.880. The number of hydrogen-bond donors (Lipinski definition) is 1. The maximum atomic E-state index is 11.2. The number of carboxylic acid groups (broad SMARTS) is 1. The molecule has 0 saturated heterocycles. The molecule has 0 heterocycles. The van der Waals surface area contributed by atoms with Gasteiger partial charge in [0.15, 0.2) is 0 Å². The van der Waals surface area contributed by atoms with Crippen LogP contribution in [0.4, 0.5) is 0 Å². The first-order valence-corrected chi connectivity index (χ1v) is 5.58. The highest BCUT2D eigenvalue weighted by Gasteiger charge is 2.38. The Morgan fingerprint density at radius 3 is 2.75 bits per heavy atom. The van der Waals surface area contributed by atoms with E-state index in [0.29, 0.717) is 16.3 Å². The minimum absolute atomic E-state index is 0.224. The molecule has 0 radical (unpaired) electrons. The van der Waals surface area contributed by atoms with Crippen LogP contribution in [0, 0.1) is 5.92 Å². The summed E-state index contributed by atoms with van der Waals surface area (Å²) in [6.07, 6.45) is 1.93. The highest BCUT2D eigenvalue weighted by molar-refractivity contribution is 6.33. The molecule has 0 bridgehead atoms. The van der Waals surface area contributed by atoms with Gasteiger partial charge in [0.2, 0.25) is 0 Å². The average molecular weight is 241 g/mol. The Kier molecular flexibility index (Phi) is 3.06. The van der Waals surface area contributed by atoms with Gasteiger partial charge in [-0.05, 0) is 30.4 Å². The zero-order valence-electron chi connectivity index (χ0n) is 8.94. The Morgan fingerprint density at radius 2 is 2.25 bits per heavy atom. The van der Waals surface area contributed by atoms with Crippen molar-refractivity contribution in [1.29, 1.82) is 0 Å². The van der Waals surface area contributed by atoms with Crippen LogP contribution in [0.15, 0.2) is 18.2 Å². The maximum absolute atomic E-state index is 11.2. The van der Waals surface area contributed by atoms with Crippen molar-refractivity contribution in [2.45, 2.75) is 18.8 Å². The Labute approximate surface area is 99.0 Å². The lowest BCUT2D eigenvalue weighted by molar-refractivity contribution is -0.139. The predicted molar refractivity (Wildman–Crippen MR) is 61.1 cm³/mol. The van der Waals surface area contributed by atoms with Crippen molar-refractivity contribution in [1.82, 2.24) is 0 Å². The summed E-state index contributed by atoms with van der Waals surface area (Å²) in [4.78, 5) is 11.2. The Hall–Kier alpha value is -1.22. The van der Waals surface area contributed by atoms with Crippen molar-refractivity contribution >= 4 is 17.6 Å². The number of carboxylic acids is 1. The van der Waals surface area contributed by atoms with E-state index in [0.717, 1.165) is 12.8 Å². The normalized spacial score (nSPS) is 16.9. The van der Waals surface area contributed by atoms with Gasteiger partial charge >= 0.3 is 5.97 Å². The first-order chi connectivity index (χ1) is 7.65. The molecule has 3 nitrogen and oxygen atoms in total. The minimum atomic E-state index is -0.808. The molecule has 1 unspecified atom stereocenters. The van der Waals surface area contributed by atoms with Gasteiger partial charge in [-0.2, -0.15) is 0 Å². The lowest BCUT2D eigenvalue weighted by Crippen LogP contribution is -2.14. The van der Waals surface area contributed by atoms with Gasteiger partial charge in [-0.1, -0.05) is 23.7 Å². The summed E-state index contributed by atoms with van der Waals surface area (Å²) < 4.78 is 5.09. The second-order valence-electron chi connectivity index (χ2n) is 4.02. The van der Waals surface area contributed by atoms with E-state index in [-0.39, 0.29) is 5.92 Å². The van der Waals surface area contributed by atoms with Gasteiger partial charge in [-0.25, -0.2) is 0 Å². The molecule has 16 heavy (non-hydrogen) atoms. The molecule has 0 aliphatic heterocycles. The van der Waals surface area contributed by atoms with Crippen molar-refractivity contribution in [2.75, 3.05) is 7.11 Å². The van der Waals surface area contributed by atoms with Gasteiger partial charge < -0.3 is 9.84 Å².